The lowest BCUT2D eigenvalue weighted by molar-refractivity contribution is -0.146. The molecule has 0 saturated heterocycles. The Balaban J connectivity index is 1.88. The fourth-order valence-electron chi connectivity index (χ4n) is 3.19. The van der Waals surface area contributed by atoms with E-state index in [4.69, 9.17) is 4.74 Å². The Morgan fingerprint density at radius 2 is 1.58 bits per heavy atom. The Hall–Kier alpha value is -2.07. The second-order valence-electron chi connectivity index (χ2n) is 8.06. The van der Waals surface area contributed by atoms with Crippen LogP contribution < -0.4 is 5.32 Å². The predicted molar refractivity (Wildman–Crippen MR) is 131 cm³/mol. The van der Waals surface area contributed by atoms with Gasteiger partial charge in [-0.15, -0.1) is 0 Å². The number of para-hydroxylation sites is 1. The molecule has 1 unspecified atom stereocenters. The number of allylic oxidation sites excluding steroid dienone is 4. The standard InChI is InChI=1S/C27H43NO3/c1-2-3-4-5-6-7-8-9-10-11-12-13-14-15-19-22-27(30)31-24-26(29)23-28-25-20-17-16-18-21-25/h6-7,9-10,16-18,20-21,26,28-29H,2-5,8,11-15,19,22-24H2,1H3/b7-6-,10-9-. The molecule has 0 bridgehead atoms. The highest BCUT2D eigenvalue weighted by Crippen LogP contribution is 2.09. The minimum atomic E-state index is -0.700. The number of carbonyl (C=O) groups excluding carboxylic acids is 1. The van der Waals surface area contributed by atoms with Crippen molar-refractivity contribution in [2.75, 3.05) is 18.5 Å². The topological polar surface area (TPSA) is 58.6 Å². The molecule has 0 amide bonds. The summed E-state index contributed by atoms with van der Waals surface area (Å²) in [4.78, 5) is 11.8. The van der Waals surface area contributed by atoms with Gasteiger partial charge in [0.2, 0.25) is 0 Å². The average molecular weight is 430 g/mol. The molecule has 1 aromatic rings. The number of esters is 1. The van der Waals surface area contributed by atoms with Crippen molar-refractivity contribution in [2.24, 2.45) is 0 Å². The number of aliphatic hydroxyl groups excluding tert-OH is 1. The van der Waals surface area contributed by atoms with Crippen LogP contribution in [0.5, 0.6) is 0 Å². The minimum Gasteiger partial charge on any atom is -0.463 e. The van der Waals surface area contributed by atoms with Crippen LogP contribution in [0.3, 0.4) is 0 Å². The van der Waals surface area contributed by atoms with E-state index in [2.05, 4.69) is 36.5 Å². The van der Waals surface area contributed by atoms with Gasteiger partial charge in [-0.1, -0.05) is 81.5 Å². The second kappa shape index (κ2) is 19.9. The Morgan fingerprint density at radius 1 is 0.935 bits per heavy atom. The largest absolute Gasteiger partial charge is 0.463 e. The maximum atomic E-state index is 11.8. The van der Waals surface area contributed by atoms with Crippen LogP contribution in [-0.2, 0) is 9.53 Å². The van der Waals surface area contributed by atoms with Crippen LogP contribution in [0.4, 0.5) is 5.69 Å². The zero-order chi connectivity index (χ0) is 22.4. The minimum absolute atomic E-state index is 0.0406. The summed E-state index contributed by atoms with van der Waals surface area (Å²) < 4.78 is 5.17. The molecule has 1 rings (SSSR count). The number of aliphatic hydroxyl groups is 1. The number of rotatable bonds is 19. The molecular weight excluding hydrogens is 386 g/mol. The van der Waals surface area contributed by atoms with E-state index in [1.54, 1.807) is 0 Å². The van der Waals surface area contributed by atoms with Crippen molar-refractivity contribution in [3.63, 3.8) is 0 Å². The van der Waals surface area contributed by atoms with Gasteiger partial charge < -0.3 is 15.2 Å². The zero-order valence-corrected chi connectivity index (χ0v) is 19.4. The number of anilines is 1. The summed E-state index contributed by atoms with van der Waals surface area (Å²) in [5.41, 5.74) is 0.943. The van der Waals surface area contributed by atoms with Gasteiger partial charge in [0.05, 0.1) is 0 Å². The predicted octanol–water partition coefficient (Wildman–Crippen LogP) is 6.82. The van der Waals surface area contributed by atoms with Crippen LogP contribution in [0.2, 0.25) is 0 Å². The summed E-state index contributed by atoms with van der Waals surface area (Å²) in [6, 6.07) is 9.67. The molecule has 2 N–H and O–H groups in total. The van der Waals surface area contributed by atoms with Gasteiger partial charge in [0.1, 0.15) is 12.7 Å². The molecule has 0 aliphatic heterocycles. The van der Waals surface area contributed by atoms with Crippen LogP contribution in [0.15, 0.2) is 54.6 Å². The molecule has 4 heteroatoms. The molecule has 0 aromatic heterocycles. The van der Waals surface area contributed by atoms with Crippen molar-refractivity contribution >= 4 is 11.7 Å². The smallest absolute Gasteiger partial charge is 0.305 e. The summed E-state index contributed by atoms with van der Waals surface area (Å²) in [6.45, 7) is 2.64. The van der Waals surface area contributed by atoms with Crippen molar-refractivity contribution < 1.29 is 14.6 Å². The molecule has 0 heterocycles. The van der Waals surface area contributed by atoms with Crippen LogP contribution >= 0.6 is 0 Å². The normalized spacial score (nSPS) is 12.5. The van der Waals surface area contributed by atoms with Crippen molar-refractivity contribution in [3.8, 4) is 0 Å². The Bertz CT molecular complexity index is 598. The van der Waals surface area contributed by atoms with Crippen molar-refractivity contribution in [3.05, 3.63) is 54.6 Å². The number of hydrogen-bond donors (Lipinski definition) is 2. The van der Waals surface area contributed by atoms with E-state index < -0.39 is 6.10 Å². The Morgan fingerprint density at radius 3 is 2.29 bits per heavy atom. The van der Waals surface area contributed by atoms with Gasteiger partial charge in [-0.2, -0.15) is 0 Å². The average Bonchev–Trinajstić information content (AvgIpc) is 2.79. The molecule has 0 saturated carbocycles. The Kier molecular flexibility index (Phi) is 17.3. The molecule has 0 aliphatic rings. The van der Waals surface area contributed by atoms with Crippen LogP contribution in [0, 0.1) is 0 Å². The van der Waals surface area contributed by atoms with Crippen molar-refractivity contribution in [2.45, 2.75) is 90.1 Å². The molecule has 4 nitrogen and oxygen atoms in total. The van der Waals surface area contributed by atoms with Crippen LogP contribution in [0.25, 0.3) is 0 Å². The third kappa shape index (κ3) is 17.3. The number of benzene rings is 1. The fraction of sp³-hybridized carbons (Fsp3) is 0.593. The van der Waals surface area contributed by atoms with Crippen LogP contribution in [-0.4, -0.2) is 30.3 Å². The van der Waals surface area contributed by atoms with Gasteiger partial charge in [0, 0.05) is 18.7 Å². The van der Waals surface area contributed by atoms with Gasteiger partial charge in [-0.3, -0.25) is 4.79 Å². The summed E-state index contributed by atoms with van der Waals surface area (Å²) in [7, 11) is 0. The van der Waals surface area contributed by atoms with Gasteiger partial charge in [0.15, 0.2) is 0 Å². The lowest BCUT2D eigenvalue weighted by Gasteiger charge is -2.13. The molecule has 1 atom stereocenters. The first-order chi connectivity index (χ1) is 15.2. The quantitative estimate of drug-likeness (QED) is 0.144. The van der Waals surface area contributed by atoms with Gasteiger partial charge in [-0.25, -0.2) is 0 Å². The highest BCUT2D eigenvalue weighted by molar-refractivity contribution is 5.69. The molecule has 31 heavy (non-hydrogen) atoms. The summed E-state index contributed by atoms with van der Waals surface area (Å²) in [5, 5.41) is 13.0. The third-order valence-electron chi connectivity index (χ3n) is 5.08. The highest BCUT2D eigenvalue weighted by atomic mass is 16.5. The third-order valence-corrected chi connectivity index (χ3v) is 5.08. The zero-order valence-electron chi connectivity index (χ0n) is 19.4. The first kappa shape index (κ1) is 27.0. The molecule has 0 spiro atoms. The molecule has 0 fully saturated rings. The molecule has 174 valence electrons. The molecule has 1 aromatic carbocycles. The number of nitrogens with one attached hydrogen (secondary N) is 1. The highest BCUT2D eigenvalue weighted by Gasteiger charge is 2.08. The number of carbonyl (C=O) groups is 1. The first-order valence-electron chi connectivity index (χ1n) is 12.1. The van der Waals surface area contributed by atoms with Crippen LogP contribution in [0.1, 0.15) is 84.0 Å². The maximum Gasteiger partial charge on any atom is 0.305 e. The van der Waals surface area contributed by atoms with E-state index in [9.17, 15) is 9.90 Å². The van der Waals surface area contributed by atoms with E-state index in [1.807, 2.05) is 30.3 Å². The molecular formula is C27H43NO3. The monoisotopic (exact) mass is 429 g/mol. The number of ether oxygens (including phenoxy) is 1. The summed E-state index contributed by atoms with van der Waals surface area (Å²) in [5.74, 6) is -0.218. The van der Waals surface area contributed by atoms with Gasteiger partial charge in [-0.05, 0) is 50.7 Å². The van der Waals surface area contributed by atoms with Gasteiger partial charge in [0.25, 0.3) is 0 Å². The lowest BCUT2D eigenvalue weighted by Crippen LogP contribution is -2.26. The van der Waals surface area contributed by atoms with E-state index in [0.717, 1.165) is 37.8 Å². The number of hydrogen-bond acceptors (Lipinski definition) is 4. The first-order valence-corrected chi connectivity index (χ1v) is 12.1. The molecule has 0 radical (unpaired) electrons. The van der Waals surface area contributed by atoms with E-state index >= 15 is 0 Å². The molecule has 0 aliphatic carbocycles. The van der Waals surface area contributed by atoms with E-state index in [0.29, 0.717) is 13.0 Å². The van der Waals surface area contributed by atoms with E-state index in [1.165, 1.54) is 38.5 Å². The summed E-state index contributed by atoms with van der Waals surface area (Å²) >= 11 is 0. The SMILES string of the molecule is CCCCC/C=C\C/C=C\CCCCCCCC(=O)OCC(O)CNc1ccccc1. The Labute approximate surface area is 189 Å². The fourth-order valence-corrected chi connectivity index (χ4v) is 3.19. The van der Waals surface area contributed by atoms with E-state index in [-0.39, 0.29) is 12.6 Å². The van der Waals surface area contributed by atoms with Crippen molar-refractivity contribution in [1.29, 1.82) is 0 Å². The second-order valence-corrected chi connectivity index (χ2v) is 8.06. The van der Waals surface area contributed by atoms with Crippen molar-refractivity contribution in [1.82, 2.24) is 0 Å². The maximum absolute atomic E-state index is 11.8. The lowest BCUT2D eigenvalue weighted by atomic mass is 10.1. The van der Waals surface area contributed by atoms with Gasteiger partial charge >= 0.3 is 5.97 Å². The summed E-state index contributed by atoms with van der Waals surface area (Å²) in [6.07, 6.45) is 21.6. The number of unbranched alkanes of at least 4 members (excludes halogenated alkanes) is 8.